The van der Waals surface area contributed by atoms with Crippen molar-refractivity contribution in [2.45, 2.75) is 19.3 Å². The Morgan fingerprint density at radius 2 is 1.96 bits per heavy atom. The average molecular weight is 399 g/mol. The number of hydrogen-bond acceptors (Lipinski definition) is 6. The molecule has 4 rings (SSSR count). The quantitative estimate of drug-likeness (QED) is 0.685. The Labute approximate surface area is 167 Å². The van der Waals surface area contributed by atoms with Gasteiger partial charge in [-0.1, -0.05) is 36.4 Å². The Hall–Kier alpha value is -2.25. The van der Waals surface area contributed by atoms with Crippen LogP contribution >= 0.6 is 22.9 Å². The van der Waals surface area contributed by atoms with Crippen LogP contribution in [0.2, 0.25) is 0 Å². The Morgan fingerprint density at radius 3 is 2.70 bits per heavy atom. The second kappa shape index (κ2) is 8.63. The molecule has 0 atom stereocenters. The van der Waals surface area contributed by atoms with Gasteiger partial charge in [-0.15, -0.1) is 11.3 Å². The summed E-state index contributed by atoms with van der Waals surface area (Å²) in [7, 11) is 0. The van der Waals surface area contributed by atoms with Gasteiger partial charge in [0.1, 0.15) is 5.82 Å². The van der Waals surface area contributed by atoms with Crippen LogP contribution in [0.25, 0.3) is 0 Å². The lowest BCUT2D eigenvalue weighted by Crippen LogP contribution is -2.38. The summed E-state index contributed by atoms with van der Waals surface area (Å²) in [4.78, 5) is 19.9. The maximum atomic E-state index is 12.1. The van der Waals surface area contributed by atoms with Gasteiger partial charge in [0.05, 0.1) is 4.88 Å². The van der Waals surface area contributed by atoms with Gasteiger partial charge in [-0.05, 0) is 35.8 Å². The highest BCUT2D eigenvalue weighted by molar-refractivity contribution is 7.12. The smallest absolute Gasteiger partial charge is 0.261 e. The van der Waals surface area contributed by atoms with E-state index in [1.165, 1.54) is 28.4 Å². The highest BCUT2D eigenvalue weighted by Gasteiger charge is 2.22. The first kappa shape index (κ1) is 18.1. The first-order valence-corrected chi connectivity index (χ1v) is 10.9. The van der Waals surface area contributed by atoms with Crippen molar-refractivity contribution in [1.29, 1.82) is 0 Å². The molecule has 1 N–H and O–H groups in total. The van der Waals surface area contributed by atoms with Crippen LogP contribution in [0.3, 0.4) is 0 Å². The second-order valence-electron chi connectivity index (χ2n) is 6.77. The molecule has 0 bridgehead atoms. The molecule has 0 unspecified atom stereocenters. The van der Waals surface area contributed by atoms with E-state index in [1.807, 2.05) is 35.7 Å². The number of thiophene rings is 1. The van der Waals surface area contributed by atoms with Gasteiger partial charge >= 0.3 is 0 Å². The fraction of sp³-hybridized carbons (Fsp3) is 0.350. The number of nitrogens with one attached hydrogen (secondary N) is 1. The van der Waals surface area contributed by atoms with Crippen molar-refractivity contribution in [2.75, 3.05) is 24.5 Å². The summed E-state index contributed by atoms with van der Waals surface area (Å²) in [6.07, 6.45) is 2.92. The maximum Gasteiger partial charge on any atom is 0.261 e. The van der Waals surface area contributed by atoms with Gasteiger partial charge < -0.3 is 10.2 Å². The van der Waals surface area contributed by atoms with Crippen LogP contribution in [-0.2, 0) is 6.42 Å². The van der Waals surface area contributed by atoms with Crippen LogP contribution in [0.1, 0.15) is 33.9 Å². The van der Waals surface area contributed by atoms with E-state index >= 15 is 0 Å². The monoisotopic (exact) mass is 398 g/mol. The summed E-state index contributed by atoms with van der Waals surface area (Å²) in [5, 5.41) is 6.02. The number of piperidine rings is 1. The zero-order valence-corrected chi connectivity index (χ0v) is 16.6. The molecule has 1 aliphatic rings. The second-order valence-corrected chi connectivity index (χ2v) is 8.45. The number of hydrogen-bond donors (Lipinski definition) is 1. The Morgan fingerprint density at radius 1 is 1.15 bits per heavy atom. The van der Waals surface area contributed by atoms with Gasteiger partial charge in [0.25, 0.3) is 5.91 Å². The third kappa shape index (κ3) is 4.73. The Kier molecular flexibility index (Phi) is 5.79. The van der Waals surface area contributed by atoms with E-state index in [0.29, 0.717) is 5.92 Å². The molecule has 0 saturated carbocycles. The SMILES string of the molecule is O=C(NCC1CCN(c2nc(Cc3ccccc3)ns2)CC1)c1cccs1. The van der Waals surface area contributed by atoms with Crippen molar-refractivity contribution >= 4 is 33.9 Å². The predicted octanol–water partition coefficient (Wildman–Crippen LogP) is 3.84. The van der Waals surface area contributed by atoms with E-state index in [4.69, 9.17) is 4.98 Å². The summed E-state index contributed by atoms with van der Waals surface area (Å²) < 4.78 is 4.53. The maximum absolute atomic E-state index is 12.1. The number of nitrogens with zero attached hydrogens (tertiary/aromatic N) is 3. The molecule has 2 aromatic heterocycles. The summed E-state index contributed by atoms with van der Waals surface area (Å²) in [6.45, 7) is 2.69. The van der Waals surface area contributed by atoms with Gasteiger partial charge in [0.15, 0.2) is 0 Å². The molecule has 1 aromatic carbocycles. The molecule has 0 radical (unpaired) electrons. The molecular weight excluding hydrogens is 376 g/mol. The predicted molar refractivity (Wildman–Crippen MR) is 111 cm³/mol. The van der Waals surface area contributed by atoms with Gasteiger partial charge in [-0.2, -0.15) is 4.37 Å². The minimum Gasteiger partial charge on any atom is -0.351 e. The summed E-state index contributed by atoms with van der Waals surface area (Å²) >= 11 is 2.97. The highest BCUT2D eigenvalue weighted by atomic mass is 32.1. The lowest BCUT2D eigenvalue weighted by atomic mass is 9.97. The van der Waals surface area contributed by atoms with Crippen molar-refractivity contribution < 1.29 is 4.79 Å². The van der Waals surface area contributed by atoms with Crippen molar-refractivity contribution in [3.05, 3.63) is 64.1 Å². The fourth-order valence-electron chi connectivity index (χ4n) is 3.28. The molecule has 140 valence electrons. The number of rotatable bonds is 6. The van der Waals surface area contributed by atoms with E-state index < -0.39 is 0 Å². The molecule has 1 saturated heterocycles. The number of anilines is 1. The van der Waals surface area contributed by atoms with Crippen molar-refractivity contribution in [3.8, 4) is 0 Å². The number of carbonyl (C=O) groups is 1. The van der Waals surface area contributed by atoms with E-state index in [-0.39, 0.29) is 5.91 Å². The van der Waals surface area contributed by atoms with Gasteiger partial charge in [0.2, 0.25) is 5.13 Å². The lowest BCUT2D eigenvalue weighted by molar-refractivity contribution is 0.0949. The van der Waals surface area contributed by atoms with E-state index in [0.717, 1.165) is 54.7 Å². The van der Waals surface area contributed by atoms with Crippen LogP contribution in [0.15, 0.2) is 47.8 Å². The lowest BCUT2D eigenvalue weighted by Gasteiger charge is -2.31. The summed E-state index contributed by atoms with van der Waals surface area (Å²) in [5.74, 6) is 1.47. The molecular formula is C20H22N4OS2. The third-order valence-electron chi connectivity index (χ3n) is 4.84. The number of aromatic nitrogens is 2. The van der Waals surface area contributed by atoms with Crippen LogP contribution in [-0.4, -0.2) is 34.9 Å². The highest BCUT2D eigenvalue weighted by Crippen LogP contribution is 2.25. The first-order valence-electron chi connectivity index (χ1n) is 9.21. The zero-order chi connectivity index (χ0) is 18.5. The normalized spacial score (nSPS) is 15.0. The number of amides is 1. The van der Waals surface area contributed by atoms with Crippen molar-refractivity contribution in [1.82, 2.24) is 14.7 Å². The Balaban J connectivity index is 1.25. The molecule has 27 heavy (non-hydrogen) atoms. The van der Waals surface area contributed by atoms with Crippen LogP contribution in [0, 0.1) is 5.92 Å². The Bertz CT molecular complexity index is 855. The summed E-state index contributed by atoms with van der Waals surface area (Å²) in [6, 6.07) is 14.1. The topological polar surface area (TPSA) is 58.1 Å². The largest absolute Gasteiger partial charge is 0.351 e. The zero-order valence-electron chi connectivity index (χ0n) is 15.0. The van der Waals surface area contributed by atoms with Gasteiger partial charge in [-0.3, -0.25) is 4.79 Å². The summed E-state index contributed by atoms with van der Waals surface area (Å²) in [5.41, 5.74) is 1.24. The molecule has 3 heterocycles. The van der Waals surface area contributed by atoms with E-state index in [1.54, 1.807) is 0 Å². The van der Waals surface area contributed by atoms with E-state index in [2.05, 4.69) is 26.7 Å². The standard InChI is InChI=1S/C20H22N4OS2/c25-19(17-7-4-12-26-17)21-14-16-8-10-24(11-9-16)20-22-18(23-27-20)13-15-5-2-1-3-6-15/h1-7,12,16H,8-11,13-14H2,(H,21,25). The minimum atomic E-state index is 0.0436. The van der Waals surface area contributed by atoms with Crippen LogP contribution in [0.5, 0.6) is 0 Å². The first-order chi connectivity index (χ1) is 13.3. The van der Waals surface area contributed by atoms with Crippen LogP contribution < -0.4 is 10.2 Å². The fourth-order valence-corrected chi connectivity index (χ4v) is 4.66. The van der Waals surface area contributed by atoms with Crippen molar-refractivity contribution in [3.63, 3.8) is 0 Å². The molecule has 1 aliphatic heterocycles. The molecule has 1 fully saturated rings. The molecule has 0 aliphatic carbocycles. The molecule has 7 heteroatoms. The molecule has 0 spiro atoms. The molecule has 1 amide bonds. The van der Waals surface area contributed by atoms with E-state index in [9.17, 15) is 4.79 Å². The van der Waals surface area contributed by atoms with Crippen molar-refractivity contribution in [2.24, 2.45) is 5.92 Å². The molecule has 5 nitrogen and oxygen atoms in total. The molecule has 3 aromatic rings. The van der Waals surface area contributed by atoms with Gasteiger partial charge in [-0.25, -0.2) is 4.98 Å². The third-order valence-corrected chi connectivity index (χ3v) is 6.53. The number of carbonyl (C=O) groups excluding carboxylic acids is 1. The number of benzene rings is 1. The average Bonchev–Trinajstić information content (AvgIpc) is 3.40. The minimum absolute atomic E-state index is 0.0436. The van der Waals surface area contributed by atoms with Gasteiger partial charge in [0, 0.05) is 37.6 Å². The van der Waals surface area contributed by atoms with Crippen LogP contribution in [0.4, 0.5) is 5.13 Å².